The molecule has 2 aliphatic rings. The summed E-state index contributed by atoms with van der Waals surface area (Å²) in [6.45, 7) is 0.761. The fourth-order valence-corrected chi connectivity index (χ4v) is 4.11. The molecule has 0 radical (unpaired) electrons. The Hall–Kier alpha value is -3.26. The summed E-state index contributed by atoms with van der Waals surface area (Å²) in [6, 6.07) is 9.99. The lowest BCUT2D eigenvalue weighted by Gasteiger charge is -2.26. The van der Waals surface area contributed by atoms with Crippen molar-refractivity contribution in [3.63, 3.8) is 0 Å². The molecule has 158 valence electrons. The summed E-state index contributed by atoms with van der Waals surface area (Å²) in [5.41, 5.74) is 3.27. The highest BCUT2D eigenvalue weighted by molar-refractivity contribution is 5.83. The number of benzene rings is 1. The Kier molecular flexibility index (Phi) is 4.64. The van der Waals surface area contributed by atoms with Crippen molar-refractivity contribution < 1.29 is 9.47 Å². The molecule has 31 heavy (non-hydrogen) atoms. The number of hydrogen-bond donors (Lipinski definition) is 1. The van der Waals surface area contributed by atoms with Crippen LogP contribution < -0.4 is 10.1 Å². The van der Waals surface area contributed by atoms with E-state index in [1.54, 1.807) is 12.5 Å². The fourth-order valence-electron chi connectivity index (χ4n) is 4.11. The van der Waals surface area contributed by atoms with Gasteiger partial charge in [0.05, 0.1) is 11.8 Å². The monoisotopic (exact) mass is 416 g/mol. The summed E-state index contributed by atoms with van der Waals surface area (Å²) in [6.07, 6.45) is 10.2. The number of nitrogens with zero attached hydrogens (tertiary/aromatic N) is 5. The van der Waals surface area contributed by atoms with Crippen LogP contribution >= 0.6 is 0 Å². The van der Waals surface area contributed by atoms with Gasteiger partial charge in [-0.05, 0) is 62.8 Å². The maximum atomic E-state index is 6.20. The van der Waals surface area contributed by atoms with Crippen molar-refractivity contribution in [3.05, 3.63) is 42.9 Å². The third kappa shape index (κ3) is 3.57. The number of nitrogens with one attached hydrogen (secondary N) is 1. The van der Waals surface area contributed by atoms with Crippen LogP contribution in [0.1, 0.15) is 44.8 Å². The summed E-state index contributed by atoms with van der Waals surface area (Å²) in [5.74, 6) is 1.02. The first-order valence-electron chi connectivity index (χ1n) is 11.0. The second-order valence-electron chi connectivity index (χ2n) is 8.20. The zero-order chi connectivity index (χ0) is 20.6. The SMILES string of the molecule is c1cnc2ccc(Nc3nc(OC4CCC4)c4ncn(C5CCCCO5)c4n3)cc2c1. The van der Waals surface area contributed by atoms with Gasteiger partial charge in [-0.1, -0.05) is 6.07 Å². The molecule has 0 amide bonds. The van der Waals surface area contributed by atoms with Crippen molar-refractivity contribution in [2.75, 3.05) is 11.9 Å². The molecule has 1 unspecified atom stereocenters. The predicted molar refractivity (Wildman–Crippen MR) is 117 cm³/mol. The number of pyridine rings is 1. The highest BCUT2D eigenvalue weighted by Gasteiger charge is 2.25. The van der Waals surface area contributed by atoms with Gasteiger partial charge in [0.25, 0.3) is 0 Å². The number of rotatable bonds is 5. The molecule has 8 heteroatoms. The molecule has 0 spiro atoms. The lowest BCUT2D eigenvalue weighted by atomic mass is 9.96. The van der Waals surface area contributed by atoms with Gasteiger partial charge in [0, 0.05) is 23.9 Å². The molecule has 4 heterocycles. The van der Waals surface area contributed by atoms with Crippen LogP contribution in [0, 0.1) is 0 Å². The van der Waals surface area contributed by atoms with Gasteiger partial charge in [-0.3, -0.25) is 9.55 Å². The molecule has 1 aliphatic heterocycles. The Morgan fingerprint density at radius 2 is 2.00 bits per heavy atom. The predicted octanol–water partition coefficient (Wildman–Crippen LogP) is 4.75. The standard InChI is InChI=1S/C23H24N6O2/c1-2-12-30-19(8-1)29-14-25-20-21(29)27-23(28-22(20)31-17-6-3-7-17)26-16-9-10-18-15(13-16)5-4-11-24-18/h4-5,9-11,13-14,17,19H,1-3,6-8,12H2,(H,26,27,28). The molecule has 6 rings (SSSR count). The van der Waals surface area contributed by atoms with Crippen LogP contribution in [0.4, 0.5) is 11.6 Å². The second-order valence-corrected chi connectivity index (χ2v) is 8.20. The van der Waals surface area contributed by atoms with Gasteiger partial charge in [-0.2, -0.15) is 9.97 Å². The summed E-state index contributed by atoms with van der Waals surface area (Å²) >= 11 is 0. The first kappa shape index (κ1) is 18.5. The molecule has 8 nitrogen and oxygen atoms in total. The molecule has 1 saturated heterocycles. The van der Waals surface area contributed by atoms with Crippen molar-refractivity contribution in [2.45, 2.75) is 50.9 Å². The van der Waals surface area contributed by atoms with Crippen LogP contribution in [-0.2, 0) is 4.74 Å². The normalized spacial score (nSPS) is 19.4. The van der Waals surface area contributed by atoms with Gasteiger partial charge in [0.1, 0.15) is 12.3 Å². The maximum absolute atomic E-state index is 6.20. The highest BCUT2D eigenvalue weighted by atomic mass is 16.5. The van der Waals surface area contributed by atoms with Crippen molar-refractivity contribution in [2.24, 2.45) is 0 Å². The van der Waals surface area contributed by atoms with Crippen molar-refractivity contribution in [3.8, 4) is 5.88 Å². The second kappa shape index (κ2) is 7.77. The van der Waals surface area contributed by atoms with E-state index in [0.717, 1.165) is 60.9 Å². The average molecular weight is 416 g/mol. The maximum Gasteiger partial charge on any atom is 0.247 e. The Morgan fingerprint density at radius 3 is 2.84 bits per heavy atom. The van der Waals surface area contributed by atoms with Gasteiger partial charge in [0.2, 0.25) is 11.8 Å². The minimum atomic E-state index is -0.0511. The molecular formula is C23H24N6O2. The lowest BCUT2D eigenvalue weighted by Crippen LogP contribution is -2.25. The zero-order valence-electron chi connectivity index (χ0n) is 17.2. The van der Waals surface area contributed by atoms with Gasteiger partial charge in [0.15, 0.2) is 11.2 Å². The largest absolute Gasteiger partial charge is 0.473 e. The Balaban J connectivity index is 1.39. The van der Waals surface area contributed by atoms with E-state index in [1.165, 1.54) is 6.42 Å². The molecule has 1 N–H and O–H groups in total. The van der Waals surface area contributed by atoms with Crippen LogP contribution in [0.5, 0.6) is 5.88 Å². The van der Waals surface area contributed by atoms with E-state index in [0.29, 0.717) is 17.3 Å². The number of hydrogen-bond acceptors (Lipinski definition) is 7. The van der Waals surface area contributed by atoms with E-state index >= 15 is 0 Å². The topological polar surface area (TPSA) is 87.0 Å². The first-order valence-corrected chi connectivity index (χ1v) is 11.0. The molecule has 4 aromatic rings. The van der Waals surface area contributed by atoms with Gasteiger partial charge < -0.3 is 14.8 Å². The summed E-state index contributed by atoms with van der Waals surface area (Å²) < 4.78 is 14.2. The third-order valence-corrected chi connectivity index (χ3v) is 6.04. The van der Waals surface area contributed by atoms with Crippen LogP contribution in [0.3, 0.4) is 0 Å². The van der Waals surface area contributed by atoms with Crippen LogP contribution in [-0.4, -0.2) is 37.2 Å². The average Bonchev–Trinajstić information content (AvgIpc) is 3.21. The number of anilines is 2. The van der Waals surface area contributed by atoms with Gasteiger partial charge >= 0.3 is 0 Å². The van der Waals surface area contributed by atoms with Crippen molar-refractivity contribution in [1.82, 2.24) is 24.5 Å². The summed E-state index contributed by atoms with van der Waals surface area (Å²) in [7, 11) is 0. The van der Waals surface area contributed by atoms with Crippen LogP contribution in [0.25, 0.3) is 22.1 Å². The van der Waals surface area contributed by atoms with Crippen LogP contribution in [0.15, 0.2) is 42.9 Å². The lowest BCUT2D eigenvalue weighted by molar-refractivity contribution is -0.0298. The number of aromatic nitrogens is 5. The molecule has 3 aromatic heterocycles. The Labute approximate surface area is 179 Å². The minimum absolute atomic E-state index is 0.0511. The van der Waals surface area contributed by atoms with E-state index < -0.39 is 0 Å². The minimum Gasteiger partial charge on any atom is -0.473 e. The Morgan fingerprint density at radius 1 is 1.03 bits per heavy atom. The number of ether oxygens (including phenoxy) is 2. The quantitative estimate of drug-likeness (QED) is 0.502. The van der Waals surface area contributed by atoms with E-state index in [-0.39, 0.29) is 12.3 Å². The van der Waals surface area contributed by atoms with Crippen LogP contribution in [0.2, 0.25) is 0 Å². The van der Waals surface area contributed by atoms with E-state index in [2.05, 4.69) is 20.3 Å². The molecular weight excluding hydrogens is 392 g/mol. The van der Waals surface area contributed by atoms with Gasteiger partial charge in [-0.15, -0.1) is 0 Å². The zero-order valence-corrected chi connectivity index (χ0v) is 17.2. The molecule has 1 saturated carbocycles. The van der Waals surface area contributed by atoms with E-state index in [1.807, 2.05) is 34.9 Å². The molecule has 1 atom stereocenters. The molecule has 0 bridgehead atoms. The number of imidazole rings is 1. The smallest absolute Gasteiger partial charge is 0.247 e. The molecule has 1 aromatic carbocycles. The first-order chi connectivity index (χ1) is 15.3. The van der Waals surface area contributed by atoms with Gasteiger partial charge in [-0.25, -0.2) is 4.98 Å². The van der Waals surface area contributed by atoms with E-state index in [4.69, 9.17) is 14.5 Å². The summed E-state index contributed by atoms with van der Waals surface area (Å²) in [5, 5.41) is 4.40. The molecule has 2 fully saturated rings. The number of fused-ring (bicyclic) bond motifs is 2. The van der Waals surface area contributed by atoms with Crippen molar-refractivity contribution in [1.29, 1.82) is 0 Å². The Bertz CT molecular complexity index is 1230. The summed E-state index contributed by atoms with van der Waals surface area (Å²) in [4.78, 5) is 18.5. The molecule has 1 aliphatic carbocycles. The van der Waals surface area contributed by atoms with Crippen molar-refractivity contribution >= 4 is 33.7 Å². The third-order valence-electron chi connectivity index (χ3n) is 6.04. The fraction of sp³-hybridized carbons (Fsp3) is 0.391. The highest BCUT2D eigenvalue weighted by Crippen LogP contribution is 2.33. The van der Waals surface area contributed by atoms with E-state index in [9.17, 15) is 0 Å².